The van der Waals surface area contributed by atoms with Crippen molar-refractivity contribution < 1.29 is 8.81 Å². The van der Waals surface area contributed by atoms with E-state index < -0.39 is 0 Å². The van der Waals surface area contributed by atoms with E-state index >= 15 is 0 Å². The fraction of sp³-hybridized carbons (Fsp3) is 0. The molecular weight excluding hydrogens is 323 g/mol. The summed E-state index contributed by atoms with van der Waals surface area (Å²) in [6, 6.07) is 29.3. The zero-order valence-electron chi connectivity index (χ0n) is 13.9. The molecule has 0 N–H and O–H groups in total. The summed E-state index contributed by atoms with van der Waals surface area (Å²) in [7, 11) is 0. The molecule has 5 rings (SSSR count). The molecule has 26 heavy (non-hydrogen) atoms. The molecule has 0 atom stereocenters. The van der Waals surface area contributed by atoms with E-state index in [-0.39, 0.29) is 5.82 Å². The first-order chi connectivity index (χ1) is 12.8. The minimum atomic E-state index is -0.217. The van der Waals surface area contributed by atoms with Gasteiger partial charge < -0.3 is 4.42 Å². The number of hydrogen-bond acceptors (Lipinski definition) is 1. The zero-order chi connectivity index (χ0) is 17.5. The number of furan rings is 1. The maximum Gasteiger partial charge on any atom is 0.135 e. The van der Waals surface area contributed by atoms with Gasteiger partial charge in [0.2, 0.25) is 0 Å². The number of para-hydroxylation sites is 1. The van der Waals surface area contributed by atoms with E-state index in [0.717, 1.165) is 44.2 Å². The largest absolute Gasteiger partial charge is 0.456 e. The third-order valence-corrected chi connectivity index (χ3v) is 4.77. The topological polar surface area (TPSA) is 13.1 Å². The van der Waals surface area contributed by atoms with Gasteiger partial charge in [0.25, 0.3) is 0 Å². The van der Waals surface area contributed by atoms with Crippen molar-refractivity contribution in [1.29, 1.82) is 0 Å². The summed E-state index contributed by atoms with van der Waals surface area (Å²) >= 11 is 0. The Morgan fingerprint density at radius 3 is 1.77 bits per heavy atom. The van der Waals surface area contributed by atoms with Crippen LogP contribution in [-0.2, 0) is 0 Å². The van der Waals surface area contributed by atoms with Crippen molar-refractivity contribution in [3.05, 3.63) is 96.8 Å². The van der Waals surface area contributed by atoms with E-state index in [1.807, 2.05) is 24.3 Å². The van der Waals surface area contributed by atoms with Gasteiger partial charge in [0.15, 0.2) is 0 Å². The second-order valence-corrected chi connectivity index (χ2v) is 6.39. The first-order valence-electron chi connectivity index (χ1n) is 8.56. The van der Waals surface area contributed by atoms with Gasteiger partial charge in [-0.2, -0.15) is 0 Å². The predicted molar refractivity (Wildman–Crippen MR) is 105 cm³/mol. The average molecular weight is 338 g/mol. The molecule has 0 spiro atoms. The van der Waals surface area contributed by atoms with Gasteiger partial charge in [0.05, 0.1) is 0 Å². The molecule has 0 unspecified atom stereocenters. The summed E-state index contributed by atoms with van der Waals surface area (Å²) in [4.78, 5) is 0. The lowest BCUT2D eigenvalue weighted by Crippen LogP contribution is -1.81. The molecular formula is C24H15FO. The van der Waals surface area contributed by atoms with Gasteiger partial charge in [-0.05, 0) is 52.6 Å². The first kappa shape index (κ1) is 14.9. The van der Waals surface area contributed by atoms with Crippen LogP contribution in [0.25, 0.3) is 44.2 Å². The molecule has 0 bridgehead atoms. The van der Waals surface area contributed by atoms with E-state index in [0.29, 0.717) is 0 Å². The Morgan fingerprint density at radius 1 is 0.500 bits per heavy atom. The number of fused-ring (bicyclic) bond motifs is 3. The molecule has 0 amide bonds. The summed E-state index contributed by atoms with van der Waals surface area (Å²) in [6.07, 6.45) is 0. The van der Waals surface area contributed by atoms with Gasteiger partial charge in [-0.3, -0.25) is 0 Å². The fourth-order valence-corrected chi connectivity index (χ4v) is 3.40. The Hall–Kier alpha value is -3.39. The van der Waals surface area contributed by atoms with Crippen LogP contribution in [0.1, 0.15) is 0 Å². The zero-order valence-corrected chi connectivity index (χ0v) is 13.9. The molecule has 0 saturated carbocycles. The Balaban J connectivity index is 1.56. The molecule has 0 saturated heterocycles. The summed E-state index contributed by atoms with van der Waals surface area (Å²) in [5, 5.41) is 2.26. The molecule has 1 aromatic heterocycles. The molecule has 0 fully saturated rings. The van der Waals surface area contributed by atoms with Crippen molar-refractivity contribution in [1.82, 2.24) is 0 Å². The Bertz CT molecular complexity index is 1220. The molecule has 0 aliphatic heterocycles. The van der Waals surface area contributed by atoms with Crippen molar-refractivity contribution in [2.75, 3.05) is 0 Å². The highest BCUT2D eigenvalue weighted by atomic mass is 19.1. The minimum absolute atomic E-state index is 0.217. The molecule has 0 aliphatic carbocycles. The molecule has 0 aliphatic rings. The summed E-state index contributed by atoms with van der Waals surface area (Å²) in [5.41, 5.74) is 6.18. The smallest absolute Gasteiger partial charge is 0.135 e. The summed E-state index contributed by atoms with van der Waals surface area (Å²) in [5.74, 6) is -0.217. The lowest BCUT2D eigenvalue weighted by molar-refractivity contribution is 0.628. The maximum absolute atomic E-state index is 13.1. The number of rotatable bonds is 2. The molecule has 4 aromatic carbocycles. The van der Waals surface area contributed by atoms with Crippen LogP contribution in [0.5, 0.6) is 0 Å². The molecule has 2 heteroatoms. The van der Waals surface area contributed by atoms with Gasteiger partial charge >= 0.3 is 0 Å². The predicted octanol–water partition coefficient (Wildman–Crippen LogP) is 7.06. The lowest BCUT2D eigenvalue weighted by Gasteiger charge is -2.05. The van der Waals surface area contributed by atoms with Crippen molar-refractivity contribution in [2.24, 2.45) is 0 Å². The second kappa shape index (κ2) is 5.85. The molecule has 124 valence electrons. The van der Waals surface area contributed by atoms with Gasteiger partial charge in [0.1, 0.15) is 17.0 Å². The SMILES string of the molecule is Fc1ccc(-c2ccc(-c3ccc4oc5ccccc5c4c3)cc2)cc1. The third kappa shape index (κ3) is 2.47. The normalized spacial score (nSPS) is 11.3. The Labute approximate surface area is 150 Å². The van der Waals surface area contributed by atoms with E-state index in [4.69, 9.17) is 4.42 Å². The van der Waals surface area contributed by atoms with Gasteiger partial charge in [-0.15, -0.1) is 0 Å². The van der Waals surface area contributed by atoms with Crippen LogP contribution in [0.2, 0.25) is 0 Å². The highest BCUT2D eigenvalue weighted by molar-refractivity contribution is 6.06. The standard InChI is InChI=1S/C24H15FO/c25-20-12-9-17(10-13-20)16-5-7-18(8-6-16)19-11-14-24-22(15-19)21-3-1-2-4-23(21)26-24/h1-15H. The summed E-state index contributed by atoms with van der Waals surface area (Å²) < 4.78 is 19.0. The van der Waals surface area contributed by atoms with Gasteiger partial charge in [0, 0.05) is 10.8 Å². The maximum atomic E-state index is 13.1. The molecule has 5 aromatic rings. The average Bonchev–Trinajstić information content (AvgIpc) is 3.07. The number of benzene rings is 4. The van der Waals surface area contributed by atoms with Gasteiger partial charge in [-0.25, -0.2) is 4.39 Å². The van der Waals surface area contributed by atoms with Crippen LogP contribution in [-0.4, -0.2) is 0 Å². The highest BCUT2D eigenvalue weighted by Crippen LogP contribution is 2.33. The van der Waals surface area contributed by atoms with Crippen LogP contribution in [0, 0.1) is 5.82 Å². The van der Waals surface area contributed by atoms with Crippen LogP contribution in [0.4, 0.5) is 4.39 Å². The van der Waals surface area contributed by atoms with E-state index in [1.165, 1.54) is 12.1 Å². The van der Waals surface area contributed by atoms with E-state index in [1.54, 1.807) is 12.1 Å². The first-order valence-corrected chi connectivity index (χ1v) is 8.56. The van der Waals surface area contributed by atoms with Crippen LogP contribution < -0.4 is 0 Å². The molecule has 1 nitrogen and oxygen atoms in total. The Kier molecular flexibility index (Phi) is 3.36. The quantitative estimate of drug-likeness (QED) is 0.336. The second-order valence-electron chi connectivity index (χ2n) is 6.39. The summed E-state index contributed by atoms with van der Waals surface area (Å²) in [6.45, 7) is 0. The number of halogens is 1. The molecule has 0 radical (unpaired) electrons. The third-order valence-electron chi connectivity index (χ3n) is 4.77. The highest BCUT2D eigenvalue weighted by Gasteiger charge is 2.08. The van der Waals surface area contributed by atoms with Crippen LogP contribution in [0.3, 0.4) is 0 Å². The van der Waals surface area contributed by atoms with Crippen molar-refractivity contribution in [2.45, 2.75) is 0 Å². The Morgan fingerprint density at radius 2 is 1.04 bits per heavy atom. The lowest BCUT2D eigenvalue weighted by atomic mass is 9.99. The number of hydrogen-bond donors (Lipinski definition) is 0. The minimum Gasteiger partial charge on any atom is -0.456 e. The molecule has 1 heterocycles. The van der Waals surface area contributed by atoms with Crippen LogP contribution in [0.15, 0.2) is 95.4 Å². The van der Waals surface area contributed by atoms with Crippen molar-refractivity contribution in [3.63, 3.8) is 0 Å². The van der Waals surface area contributed by atoms with Crippen molar-refractivity contribution >= 4 is 21.9 Å². The van der Waals surface area contributed by atoms with E-state index in [9.17, 15) is 4.39 Å². The monoisotopic (exact) mass is 338 g/mol. The fourth-order valence-electron chi connectivity index (χ4n) is 3.40. The van der Waals surface area contributed by atoms with Gasteiger partial charge in [-0.1, -0.05) is 60.7 Å². The van der Waals surface area contributed by atoms with E-state index in [2.05, 4.69) is 42.5 Å². The van der Waals surface area contributed by atoms with Crippen molar-refractivity contribution in [3.8, 4) is 22.3 Å². The van der Waals surface area contributed by atoms with Crippen LogP contribution >= 0.6 is 0 Å².